The third-order valence-electron chi connectivity index (χ3n) is 2.83. The van der Waals surface area contributed by atoms with Gasteiger partial charge in [0.2, 0.25) is 0 Å². The fourth-order valence-electron chi connectivity index (χ4n) is 1.88. The summed E-state index contributed by atoms with van der Waals surface area (Å²) in [5.74, 6) is -0.116. The molecule has 0 atom stereocenters. The fourth-order valence-corrected chi connectivity index (χ4v) is 3.02. The average Bonchev–Trinajstić information content (AvgIpc) is 3.11. The lowest BCUT2D eigenvalue weighted by Gasteiger charge is -2.06. The minimum absolute atomic E-state index is 0.116. The van der Waals surface area contributed by atoms with Crippen molar-refractivity contribution in [3.05, 3.63) is 63.3 Å². The Balaban J connectivity index is 1.72. The molecule has 0 saturated carbocycles. The van der Waals surface area contributed by atoms with E-state index in [9.17, 15) is 4.79 Å². The lowest BCUT2D eigenvalue weighted by Crippen LogP contribution is -2.11. The Morgan fingerprint density at radius 2 is 2.29 bits per heavy atom. The molecule has 0 aliphatic rings. The summed E-state index contributed by atoms with van der Waals surface area (Å²) < 4.78 is 2.67. The molecule has 3 aromatic rings. The smallest absolute Gasteiger partial charge is 0.256 e. The maximum absolute atomic E-state index is 12.1. The molecule has 7 heteroatoms. The van der Waals surface area contributed by atoms with Crippen LogP contribution in [0.25, 0.3) is 0 Å². The molecule has 21 heavy (non-hydrogen) atoms. The molecule has 0 fully saturated rings. The Morgan fingerprint density at radius 1 is 1.38 bits per heavy atom. The van der Waals surface area contributed by atoms with E-state index in [0.29, 0.717) is 12.1 Å². The van der Waals surface area contributed by atoms with Crippen LogP contribution < -0.4 is 5.32 Å². The van der Waals surface area contributed by atoms with Crippen molar-refractivity contribution in [3.8, 4) is 0 Å². The largest absolute Gasteiger partial charge is 0.322 e. The van der Waals surface area contributed by atoms with E-state index in [4.69, 9.17) is 0 Å². The van der Waals surface area contributed by atoms with Crippen molar-refractivity contribution in [2.45, 2.75) is 6.54 Å². The summed E-state index contributed by atoms with van der Waals surface area (Å²) in [6.45, 7) is 0.619. The molecule has 1 N–H and O–H groups in total. The van der Waals surface area contributed by atoms with Gasteiger partial charge in [0.1, 0.15) is 12.7 Å². The van der Waals surface area contributed by atoms with Crippen molar-refractivity contribution in [2.24, 2.45) is 0 Å². The van der Waals surface area contributed by atoms with Crippen molar-refractivity contribution >= 4 is 38.9 Å². The van der Waals surface area contributed by atoms with Gasteiger partial charge in [0.15, 0.2) is 0 Å². The van der Waals surface area contributed by atoms with E-state index >= 15 is 0 Å². The standard InChI is InChI=1S/C14H11BrN4OS/c15-13-5-11(7-21-13)14(20)18-12-3-1-2-10(4-12)6-19-9-16-8-17-19/h1-5,7-9H,6H2,(H,18,20). The molecule has 0 unspecified atom stereocenters. The molecule has 3 rings (SSSR count). The van der Waals surface area contributed by atoms with Crippen LogP contribution in [-0.4, -0.2) is 20.7 Å². The summed E-state index contributed by atoms with van der Waals surface area (Å²) in [4.78, 5) is 16.0. The molecule has 0 aliphatic heterocycles. The maximum atomic E-state index is 12.1. The van der Waals surface area contributed by atoms with Crippen molar-refractivity contribution < 1.29 is 4.79 Å². The number of thiophene rings is 1. The molecule has 5 nitrogen and oxygen atoms in total. The number of carbonyl (C=O) groups excluding carboxylic acids is 1. The number of anilines is 1. The maximum Gasteiger partial charge on any atom is 0.256 e. The zero-order valence-corrected chi connectivity index (χ0v) is 13.3. The summed E-state index contributed by atoms with van der Waals surface area (Å²) >= 11 is 4.84. The minimum Gasteiger partial charge on any atom is -0.322 e. The first-order chi connectivity index (χ1) is 10.2. The number of amides is 1. The van der Waals surface area contributed by atoms with E-state index in [0.717, 1.165) is 15.0 Å². The Hall–Kier alpha value is -1.99. The van der Waals surface area contributed by atoms with Crippen LogP contribution in [0.1, 0.15) is 15.9 Å². The molecular weight excluding hydrogens is 352 g/mol. The molecule has 2 heterocycles. The Bertz CT molecular complexity index is 754. The van der Waals surface area contributed by atoms with Gasteiger partial charge in [-0.15, -0.1) is 11.3 Å². The molecule has 106 valence electrons. The Kier molecular flexibility index (Phi) is 4.12. The van der Waals surface area contributed by atoms with E-state index < -0.39 is 0 Å². The number of hydrogen-bond acceptors (Lipinski definition) is 4. The van der Waals surface area contributed by atoms with Crippen molar-refractivity contribution in [1.82, 2.24) is 14.8 Å². The summed E-state index contributed by atoms with van der Waals surface area (Å²) in [5, 5.41) is 8.78. The van der Waals surface area contributed by atoms with E-state index in [2.05, 4.69) is 31.3 Å². The monoisotopic (exact) mass is 362 g/mol. The van der Waals surface area contributed by atoms with Gasteiger partial charge >= 0.3 is 0 Å². The van der Waals surface area contributed by atoms with Gasteiger partial charge in [0.25, 0.3) is 5.91 Å². The second-order valence-electron chi connectivity index (χ2n) is 4.39. The third-order valence-corrected chi connectivity index (χ3v) is 4.33. The van der Waals surface area contributed by atoms with Gasteiger partial charge in [-0.2, -0.15) is 5.10 Å². The number of rotatable bonds is 4. The van der Waals surface area contributed by atoms with Gasteiger partial charge in [0.05, 0.1) is 15.9 Å². The predicted octanol–water partition coefficient (Wildman–Crippen LogP) is 3.40. The normalized spacial score (nSPS) is 10.5. The molecule has 0 spiro atoms. The van der Waals surface area contributed by atoms with Crippen LogP contribution in [0, 0.1) is 0 Å². The summed E-state index contributed by atoms with van der Waals surface area (Å²) in [6, 6.07) is 9.49. The molecule has 0 saturated heterocycles. The Labute approximate surface area is 133 Å². The molecule has 0 aliphatic carbocycles. The summed E-state index contributed by atoms with van der Waals surface area (Å²) in [5.41, 5.74) is 2.46. The van der Waals surface area contributed by atoms with Crippen molar-refractivity contribution in [3.63, 3.8) is 0 Å². The Morgan fingerprint density at radius 3 is 3.00 bits per heavy atom. The van der Waals surface area contributed by atoms with Gasteiger partial charge in [0, 0.05) is 11.1 Å². The van der Waals surface area contributed by atoms with Gasteiger partial charge in [-0.05, 0) is 39.7 Å². The van der Waals surface area contributed by atoms with E-state index in [1.54, 1.807) is 17.1 Å². The number of hydrogen-bond donors (Lipinski definition) is 1. The number of aromatic nitrogens is 3. The minimum atomic E-state index is -0.116. The van der Waals surface area contributed by atoms with Gasteiger partial charge < -0.3 is 5.32 Å². The highest BCUT2D eigenvalue weighted by atomic mass is 79.9. The quantitative estimate of drug-likeness (QED) is 0.773. The summed E-state index contributed by atoms with van der Waals surface area (Å²) in [6.07, 6.45) is 3.16. The van der Waals surface area contributed by atoms with Crippen LogP contribution in [0.15, 0.2) is 52.2 Å². The third kappa shape index (κ3) is 3.56. The summed E-state index contributed by atoms with van der Waals surface area (Å²) in [7, 11) is 0. The molecule has 0 radical (unpaired) electrons. The van der Waals surface area contributed by atoms with Crippen LogP contribution in [0.5, 0.6) is 0 Å². The van der Waals surface area contributed by atoms with E-state index in [1.165, 1.54) is 17.7 Å². The van der Waals surface area contributed by atoms with Crippen LogP contribution >= 0.6 is 27.3 Å². The fraction of sp³-hybridized carbons (Fsp3) is 0.0714. The molecule has 0 bridgehead atoms. The van der Waals surface area contributed by atoms with Gasteiger partial charge in [-0.1, -0.05) is 12.1 Å². The first kappa shape index (κ1) is 14.0. The van der Waals surface area contributed by atoms with Crippen molar-refractivity contribution in [1.29, 1.82) is 0 Å². The van der Waals surface area contributed by atoms with Crippen LogP contribution in [0.4, 0.5) is 5.69 Å². The second kappa shape index (κ2) is 6.19. The van der Waals surface area contributed by atoms with Crippen LogP contribution in [0.2, 0.25) is 0 Å². The average molecular weight is 363 g/mol. The van der Waals surface area contributed by atoms with E-state index in [-0.39, 0.29) is 5.91 Å². The van der Waals surface area contributed by atoms with Crippen LogP contribution in [-0.2, 0) is 6.54 Å². The number of halogens is 1. The first-order valence-electron chi connectivity index (χ1n) is 6.17. The van der Waals surface area contributed by atoms with Gasteiger partial charge in [-0.25, -0.2) is 9.67 Å². The number of nitrogens with zero attached hydrogens (tertiary/aromatic N) is 3. The van der Waals surface area contributed by atoms with Crippen LogP contribution in [0.3, 0.4) is 0 Å². The molecule has 1 aromatic carbocycles. The lowest BCUT2D eigenvalue weighted by molar-refractivity contribution is 0.102. The SMILES string of the molecule is O=C(Nc1cccc(Cn2cncn2)c1)c1csc(Br)c1. The van der Waals surface area contributed by atoms with Crippen molar-refractivity contribution in [2.75, 3.05) is 5.32 Å². The van der Waals surface area contributed by atoms with Gasteiger partial charge in [-0.3, -0.25) is 4.79 Å². The zero-order chi connectivity index (χ0) is 14.7. The first-order valence-corrected chi connectivity index (χ1v) is 7.85. The highest BCUT2D eigenvalue weighted by Gasteiger charge is 2.08. The molecule has 1 amide bonds. The number of nitrogens with one attached hydrogen (secondary N) is 1. The van der Waals surface area contributed by atoms with E-state index in [1.807, 2.05) is 29.6 Å². The number of carbonyl (C=O) groups is 1. The lowest BCUT2D eigenvalue weighted by atomic mass is 10.2. The molecule has 2 aromatic heterocycles. The highest BCUT2D eigenvalue weighted by Crippen LogP contribution is 2.21. The second-order valence-corrected chi connectivity index (χ2v) is 6.68. The predicted molar refractivity (Wildman–Crippen MR) is 85.5 cm³/mol. The number of benzene rings is 1. The highest BCUT2D eigenvalue weighted by molar-refractivity contribution is 9.11. The molecular formula is C14H11BrN4OS. The topological polar surface area (TPSA) is 59.8 Å². The zero-order valence-electron chi connectivity index (χ0n) is 10.9.